The van der Waals surface area contributed by atoms with E-state index in [2.05, 4.69) is 11.8 Å². The van der Waals surface area contributed by atoms with Gasteiger partial charge < -0.3 is 13.9 Å². The van der Waals surface area contributed by atoms with E-state index in [0.717, 1.165) is 51.6 Å². The third-order valence-corrected chi connectivity index (χ3v) is 8.37. The molecular formula is C23H35ClN2O6S. The molecule has 10 heteroatoms. The highest BCUT2D eigenvalue weighted by Gasteiger charge is 2.38. The van der Waals surface area contributed by atoms with Gasteiger partial charge in [0.05, 0.1) is 29.7 Å². The van der Waals surface area contributed by atoms with Crippen LogP contribution in [0.2, 0.25) is 0 Å². The first-order valence-electron chi connectivity index (χ1n) is 11.4. The van der Waals surface area contributed by atoms with Crippen molar-refractivity contribution in [2.24, 2.45) is 0 Å². The number of hydrogen-bond donors (Lipinski definition) is 0. The molecule has 1 aromatic carbocycles. The van der Waals surface area contributed by atoms with Crippen LogP contribution in [0.25, 0.3) is 11.1 Å². The number of halogens is 1. The Morgan fingerprint density at radius 3 is 2.39 bits per heavy atom. The predicted octanol–water partition coefficient (Wildman–Crippen LogP) is 3.42. The summed E-state index contributed by atoms with van der Waals surface area (Å²) >= 11 is 0. The van der Waals surface area contributed by atoms with Gasteiger partial charge in [-0.2, -0.15) is 0 Å². The van der Waals surface area contributed by atoms with Crippen LogP contribution in [0, 0.1) is 0 Å². The lowest BCUT2D eigenvalue weighted by atomic mass is 9.79. The third kappa shape index (κ3) is 5.65. The monoisotopic (exact) mass is 502 g/mol. The number of ether oxygens (including phenoxy) is 2. The Bertz CT molecular complexity index is 1100. The topological polar surface area (TPSA) is 91.0 Å². The molecule has 1 saturated carbocycles. The van der Waals surface area contributed by atoms with Crippen molar-refractivity contribution < 1.29 is 22.3 Å². The highest BCUT2D eigenvalue weighted by atomic mass is 35.5. The number of fused-ring (bicyclic) bond motifs is 1. The van der Waals surface area contributed by atoms with Gasteiger partial charge in [0, 0.05) is 38.0 Å². The number of rotatable bonds is 7. The normalized spacial score (nSPS) is 25.2. The molecule has 1 aliphatic carbocycles. The second kappa shape index (κ2) is 10.5. The number of piperidine rings is 1. The summed E-state index contributed by atoms with van der Waals surface area (Å²) in [7, 11) is -1.67. The van der Waals surface area contributed by atoms with Crippen LogP contribution in [0.15, 0.2) is 32.3 Å². The summed E-state index contributed by atoms with van der Waals surface area (Å²) in [5, 5.41) is 0. The zero-order chi connectivity index (χ0) is 22.9. The summed E-state index contributed by atoms with van der Waals surface area (Å²) < 4.78 is 42.0. The number of nitrogens with zero attached hydrogens (tertiary/aromatic N) is 2. The van der Waals surface area contributed by atoms with Crippen molar-refractivity contribution in [3.05, 3.63) is 28.7 Å². The summed E-state index contributed by atoms with van der Waals surface area (Å²) in [6.45, 7) is 5.44. The number of hydrogen-bond acceptors (Lipinski definition) is 7. The molecule has 1 aromatic heterocycles. The van der Waals surface area contributed by atoms with Gasteiger partial charge in [0.15, 0.2) is 15.4 Å². The first-order chi connectivity index (χ1) is 15.2. The Balaban J connectivity index is 0.00000306. The zero-order valence-electron chi connectivity index (χ0n) is 19.6. The molecular weight excluding hydrogens is 468 g/mol. The summed E-state index contributed by atoms with van der Waals surface area (Å²) in [6, 6.07) is 4.64. The maximum Gasteiger partial charge on any atom is 0.420 e. The number of aromatic nitrogens is 1. The molecule has 0 atom stereocenters. The van der Waals surface area contributed by atoms with Gasteiger partial charge in [0.2, 0.25) is 0 Å². The molecule has 1 saturated heterocycles. The van der Waals surface area contributed by atoms with Crippen LogP contribution in [0.3, 0.4) is 0 Å². The van der Waals surface area contributed by atoms with E-state index in [1.807, 2.05) is 0 Å². The molecule has 0 unspecified atom stereocenters. The third-order valence-electron chi connectivity index (χ3n) is 7.26. The van der Waals surface area contributed by atoms with Crippen molar-refractivity contribution in [2.75, 3.05) is 39.7 Å². The lowest BCUT2D eigenvalue weighted by molar-refractivity contribution is -0.0419. The molecule has 0 N–H and O–H groups in total. The molecule has 0 bridgehead atoms. The summed E-state index contributed by atoms with van der Waals surface area (Å²) in [5.41, 5.74) is 1.15. The number of benzene rings is 1. The lowest BCUT2D eigenvalue weighted by Gasteiger charge is -2.48. The minimum Gasteiger partial charge on any atom is -0.408 e. The lowest BCUT2D eigenvalue weighted by Crippen LogP contribution is -2.53. The Kier molecular flexibility index (Phi) is 8.32. The van der Waals surface area contributed by atoms with E-state index in [0.29, 0.717) is 30.4 Å². The SMILES string of the molecule is COCCO[C@H]1CC[C@](C)(N2CCC(n3c(=O)oc4ccc(S(C)(=O)=O)cc43)CC2)CC1.Cl. The van der Waals surface area contributed by atoms with Gasteiger partial charge in [-0.3, -0.25) is 9.47 Å². The van der Waals surface area contributed by atoms with Crippen LogP contribution >= 0.6 is 12.4 Å². The van der Waals surface area contributed by atoms with E-state index >= 15 is 0 Å². The van der Waals surface area contributed by atoms with Gasteiger partial charge in [0.1, 0.15) is 0 Å². The molecule has 2 aliphatic rings. The van der Waals surface area contributed by atoms with Crippen LogP contribution in [-0.4, -0.2) is 69.2 Å². The second-order valence-corrected chi connectivity index (χ2v) is 11.4. The maximum atomic E-state index is 12.6. The molecule has 186 valence electrons. The smallest absolute Gasteiger partial charge is 0.408 e. The molecule has 33 heavy (non-hydrogen) atoms. The van der Waals surface area contributed by atoms with Gasteiger partial charge in [-0.1, -0.05) is 0 Å². The fourth-order valence-electron chi connectivity index (χ4n) is 5.25. The van der Waals surface area contributed by atoms with Crippen molar-refractivity contribution >= 4 is 33.3 Å². The molecule has 8 nitrogen and oxygen atoms in total. The summed E-state index contributed by atoms with van der Waals surface area (Å²) in [4.78, 5) is 15.4. The van der Waals surface area contributed by atoms with E-state index in [-0.39, 0.29) is 28.9 Å². The minimum atomic E-state index is -3.36. The molecule has 2 heterocycles. The summed E-state index contributed by atoms with van der Waals surface area (Å²) in [6.07, 6.45) is 7.47. The first-order valence-corrected chi connectivity index (χ1v) is 13.3. The maximum absolute atomic E-state index is 12.6. The van der Waals surface area contributed by atoms with Crippen molar-refractivity contribution in [3.63, 3.8) is 0 Å². The molecule has 0 amide bonds. The highest BCUT2D eigenvalue weighted by Crippen LogP contribution is 2.38. The van der Waals surface area contributed by atoms with Crippen LogP contribution in [0.1, 0.15) is 51.5 Å². The number of oxazole rings is 1. The van der Waals surface area contributed by atoms with Crippen molar-refractivity contribution in [1.82, 2.24) is 9.47 Å². The van der Waals surface area contributed by atoms with E-state index in [4.69, 9.17) is 13.9 Å². The predicted molar refractivity (Wildman–Crippen MR) is 129 cm³/mol. The van der Waals surface area contributed by atoms with Gasteiger partial charge in [-0.05, 0) is 63.6 Å². The van der Waals surface area contributed by atoms with Crippen LogP contribution in [-0.2, 0) is 19.3 Å². The molecule has 2 aromatic rings. The van der Waals surface area contributed by atoms with E-state index in [9.17, 15) is 13.2 Å². The van der Waals surface area contributed by atoms with Gasteiger partial charge in [-0.15, -0.1) is 12.4 Å². The largest absolute Gasteiger partial charge is 0.420 e. The highest BCUT2D eigenvalue weighted by molar-refractivity contribution is 7.90. The van der Waals surface area contributed by atoms with Crippen LogP contribution < -0.4 is 5.76 Å². The zero-order valence-corrected chi connectivity index (χ0v) is 21.3. The number of likely N-dealkylation sites (tertiary alicyclic amines) is 1. The average Bonchev–Trinajstić information content (AvgIpc) is 3.10. The van der Waals surface area contributed by atoms with E-state index in [1.165, 1.54) is 12.3 Å². The quantitative estimate of drug-likeness (QED) is 0.536. The van der Waals surface area contributed by atoms with E-state index in [1.54, 1.807) is 23.8 Å². The second-order valence-electron chi connectivity index (χ2n) is 9.42. The minimum absolute atomic E-state index is 0. The Labute approximate surface area is 201 Å². The molecule has 1 aliphatic heterocycles. The Morgan fingerprint density at radius 2 is 1.79 bits per heavy atom. The number of methoxy groups -OCH3 is 1. The number of sulfone groups is 1. The first kappa shape index (κ1) is 26.2. The fraction of sp³-hybridized carbons (Fsp3) is 0.696. The Morgan fingerprint density at radius 1 is 1.12 bits per heavy atom. The fourth-order valence-corrected chi connectivity index (χ4v) is 5.89. The van der Waals surface area contributed by atoms with Crippen LogP contribution in [0.5, 0.6) is 0 Å². The van der Waals surface area contributed by atoms with Crippen molar-refractivity contribution in [2.45, 2.75) is 68.0 Å². The molecule has 4 rings (SSSR count). The average molecular weight is 503 g/mol. The molecule has 0 spiro atoms. The van der Waals surface area contributed by atoms with Crippen molar-refractivity contribution in [1.29, 1.82) is 0 Å². The van der Waals surface area contributed by atoms with Gasteiger partial charge in [0.25, 0.3) is 0 Å². The van der Waals surface area contributed by atoms with E-state index < -0.39 is 15.6 Å². The van der Waals surface area contributed by atoms with Gasteiger partial charge in [-0.25, -0.2) is 13.2 Å². The summed E-state index contributed by atoms with van der Waals surface area (Å²) in [5.74, 6) is -0.413. The standard InChI is InChI=1S/C23H34N2O6S.ClH/c1-23(10-6-18(7-11-23)30-15-14-29-2)24-12-8-17(9-13-24)25-20-16-19(32(3,27)28)4-5-21(20)31-22(25)26;/h4-5,16-18H,6-15H2,1-3H3;1H/t18-,23-;. The molecule has 2 fully saturated rings. The van der Waals surface area contributed by atoms with Gasteiger partial charge >= 0.3 is 5.76 Å². The van der Waals surface area contributed by atoms with Crippen molar-refractivity contribution in [3.8, 4) is 0 Å². The molecule has 0 radical (unpaired) electrons. The van der Waals surface area contributed by atoms with Crippen LogP contribution in [0.4, 0.5) is 0 Å². The Hall–Kier alpha value is -1.39.